The molecule has 1 fully saturated rings. The predicted octanol–water partition coefficient (Wildman–Crippen LogP) is 3.03. The van der Waals surface area contributed by atoms with Gasteiger partial charge in [-0.2, -0.15) is 0 Å². The lowest BCUT2D eigenvalue weighted by Gasteiger charge is -2.19. The predicted molar refractivity (Wildman–Crippen MR) is 67.1 cm³/mol. The molecule has 0 radical (unpaired) electrons. The van der Waals surface area contributed by atoms with E-state index in [2.05, 4.69) is 43.4 Å². The van der Waals surface area contributed by atoms with Gasteiger partial charge >= 0.3 is 0 Å². The molecule has 0 bridgehead atoms. The molecular weight excluding hydrogens is 291 g/mol. The van der Waals surface area contributed by atoms with Gasteiger partial charge in [-0.15, -0.1) is 0 Å². The molecule has 0 aromatic carbocycles. The summed E-state index contributed by atoms with van der Waals surface area (Å²) in [5.41, 5.74) is 0.430. The van der Waals surface area contributed by atoms with Gasteiger partial charge in [0.2, 0.25) is 0 Å². The van der Waals surface area contributed by atoms with Crippen LogP contribution in [0, 0.1) is 5.41 Å². The smallest absolute Gasteiger partial charge is 0.0948 e. The molecule has 0 aromatic heterocycles. The van der Waals surface area contributed by atoms with Gasteiger partial charge in [0, 0.05) is 6.61 Å². The summed E-state index contributed by atoms with van der Waals surface area (Å²) in [6.45, 7) is 9.32. The summed E-state index contributed by atoms with van der Waals surface area (Å²) in [5.74, 6) is 0. The average Bonchev–Trinajstić information content (AvgIpc) is 2.44. The Bertz CT molecular complexity index is 165. The summed E-state index contributed by atoms with van der Waals surface area (Å²) in [4.78, 5) is 0. The van der Waals surface area contributed by atoms with Gasteiger partial charge in [0.15, 0.2) is 0 Å². The second kappa shape index (κ2) is 5.66. The Hall–Kier alpha value is 0.650. The molecule has 2 atom stereocenters. The third-order valence-corrected chi connectivity index (χ3v) is 3.53. The highest BCUT2D eigenvalue weighted by molar-refractivity contribution is 14.1. The van der Waals surface area contributed by atoms with Crippen LogP contribution < -0.4 is 0 Å². The monoisotopic (exact) mass is 312 g/mol. The van der Waals surface area contributed by atoms with E-state index in [4.69, 9.17) is 9.47 Å². The minimum Gasteiger partial charge on any atom is -0.378 e. The third kappa shape index (κ3) is 4.94. The molecule has 2 unspecified atom stereocenters. The molecule has 0 amide bonds. The number of rotatable bonds is 4. The van der Waals surface area contributed by atoms with Gasteiger partial charge in [0.05, 0.1) is 23.2 Å². The second-order valence-electron chi connectivity index (χ2n) is 5.13. The van der Waals surface area contributed by atoms with Gasteiger partial charge in [-0.05, 0) is 18.3 Å². The number of hydrogen-bond donors (Lipinski definition) is 0. The molecule has 0 aromatic rings. The van der Waals surface area contributed by atoms with Crippen LogP contribution in [0.5, 0.6) is 0 Å². The van der Waals surface area contributed by atoms with Crippen LogP contribution in [-0.4, -0.2) is 29.8 Å². The van der Waals surface area contributed by atoms with E-state index in [1.807, 2.05) is 0 Å². The molecule has 0 saturated carbocycles. The van der Waals surface area contributed by atoms with Crippen LogP contribution in [0.15, 0.2) is 0 Å². The van der Waals surface area contributed by atoms with Crippen molar-refractivity contribution < 1.29 is 9.47 Å². The highest BCUT2D eigenvalue weighted by Crippen LogP contribution is 2.22. The fourth-order valence-corrected chi connectivity index (χ4v) is 2.17. The fourth-order valence-electron chi connectivity index (χ4n) is 1.50. The molecule has 0 N–H and O–H groups in total. The van der Waals surface area contributed by atoms with Gasteiger partial charge in [0.25, 0.3) is 0 Å². The Morgan fingerprint density at radius 3 is 2.57 bits per heavy atom. The maximum atomic E-state index is 5.78. The molecule has 1 rings (SSSR count). The summed E-state index contributed by atoms with van der Waals surface area (Å²) >= 11 is 2.41. The quantitative estimate of drug-likeness (QED) is 0.451. The van der Waals surface area contributed by atoms with Crippen LogP contribution in [0.4, 0.5) is 0 Å². The first-order valence-electron chi connectivity index (χ1n) is 5.32. The number of halogens is 1. The third-order valence-electron chi connectivity index (χ3n) is 2.37. The van der Waals surface area contributed by atoms with Crippen molar-refractivity contribution in [3.8, 4) is 0 Å². The SMILES string of the molecule is CC(C)(C)CCCOC1COCC1I. The van der Waals surface area contributed by atoms with E-state index in [9.17, 15) is 0 Å². The summed E-state index contributed by atoms with van der Waals surface area (Å²) in [5, 5.41) is 0. The van der Waals surface area contributed by atoms with Crippen LogP contribution in [0.2, 0.25) is 0 Å². The highest BCUT2D eigenvalue weighted by Gasteiger charge is 2.26. The van der Waals surface area contributed by atoms with Crippen LogP contribution in [-0.2, 0) is 9.47 Å². The lowest BCUT2D eigenvalue weighted by molar-refractivity contribution is 0.0402. The highest BCUT2D eigenvalue weighted by atomic mass is 127. The van der Waals surface area contributed by atoms with E-state index in [1.165, 1.54) is 6.42 Å². The molecule has 2 nitrogen and oxygen atoms in total. The Morgan fingerprint density at radius 1 is 1.36 bits per heavy atom. The minimum absolute atomic E-state index is 0.329. The molecule has 84 valence electrons. The van der Waals surface area contributed by atoms with Crippen molar-refractivity contribution in [1.29, 1.82) is 0 Å². The largest absolute Gasteiger partial charge is 0.378 e. The Morgan fingerprint density at radius 2 is 2.07 bits per heavy atom. The van der Waals surface area contributed by atoms with Crippen molar-refractivity contribution in [3.63, 3.8) is 0 Å². The molecule has 3 heteroatoms. The molecule has 1 aliphatic heterocycles. The summed E-state index contributed by atoms with van der Waals surface area (Å²) in [7, 11) is 0. The van der Waals surface area contributed by atoms with Crippen molar-refractivity contribution in [2.24, 2.45) is 5.41 Å². The number of hydrogen-bond acceptors (Lipinski definition) is 2. The molecule has 0 aliphatic carbocycles. The zero-order valence-electron chi connectivity index (χ0n) is 9.38. The van der Waals surface area contributed by atoms with E-state index in [0.717, 1.165) is 26.2 Å². The molecule has 1 aliphatic rings. The first-order chi connectivity index (χ1) is 6.49. The van der Waals surface area contributed by atoms with Crippen molar-refractivity contribution in [3.05, 3.63) is 0 Å². The standard InChI is InChI=1S/C11H21IO2/c1-11(2,3)5-4-6-14-10-8-13-7-9(10)12/h9-10H,4-8H2,1-3H3. The number of ether oxygens (including phenoxy) is 2. The van der Waals surface area contributed by atoms with E-state index in [1.54, 1.807) is 0 Å². The van der Waals surface area contributed by atoms with Crippen molar-refractivity contribution in [1.82, 2.24) is 0 Å². The molecule has 1 heterocycles. The van der Waals surface area contributed by atoms with Crippen molar-refractivity contribution in [2.45, 2.75) is 43.6 Å². The fraction of sp³-hybridized carbons (Fsp3) is 1.00. The first kappa shape index (κ1) is 12.7. The topological polar surface area (TPSA) is 18.5 Å². The minimum atomic E-state index is 0.329. The number of alkyl halides is 1. The molecular formula is C11H21IO2. The van der Waals surface area contributed by atoms with Crippen molar-refractivity contribution >= 4 is 22.6 Å². The molecule has 1 saturated heterocycles. The summed E-state index contributed by atoms with van der Waals surface area (Å²) < 4.78 is 11.7. The Labute approximate surface area is 101 Å². The van der Waals surface area contributed by atoms with Gasteiger partial charge < -0.3 is 9.47 Å². The molecule has 14 heavy (non-hydrogen) atoms. The van der Waals surface area contributed by atoms with Gasteiger partial charge in [-0.3, -0.25) is 0 Å². The van der Waals surface area contributed by atoms with Gasteiger partial charge in [-0.1, -0.05) is 43.4 Å². The summed E-state index contributed by atoms with van der Waals surface area (Å²) in [6.07, 6.45) is 2.71. The van der Waals surface area contributed by atoms with Crippen LogP contribution in [0.3, 0.4) is 0 Å². The second-order valence-corrected chi connectivity index (χ2v) is 6.73. The van der Waals surface area contributed by atoms with Crippen LogP contribution >= 0.6 is 22.6 Å². The molecule has 0 spiro atoms. The van der Waals surface area contributed by atoms with E-state index >= 15 is 0 Å². The van der Waals surface area contributed by atoms with E-state index in [-0.39, 0.29) is 0 Å². The van der Waals surface area contributed by atoms with E-state index in [0.29, 0.717) is 15.4 Å². The summed E-state index contributed by atoms with van der Waals surface area (Å²) in [6, 6.07) is 0. The van der Waals surface area contributed by atoms with Gasteiger partial charge in [0.1, 0.15) is 0 Å². The Balaban J connectivity index is 2.04. The first-order valence-corrected chi connectivity index (χ1v) is 6.57. The Kier molecular flexibility index (Phi) is 5.14. The zero-order valence-corrected chi connectivity index (χ0v) is 11.5. The maximum Gasteiger partial charge on any atom is 0.0948 e. The lowest BCUT2D eigenvalue weighted by Crippen LogP contribution is -2.23. The average molecular weight is 312 g/mol. The van der Waals surface area contributed by atoms with Crippen LogP contribution in [0.25, 0.3) is 0 Å². The normalized spacial score (nSPS) is 28.3. The van der Waals surface area contributed by atoms with Gasteiger partial charge in [-0.25, -0.2) is 0 Å². The maximum absolute atomic E-state index is 5.78. The zero-order chi connectivity index (χ0) is 10.6. The van der Waals surface area contributed by atoms with Crippen molar-refractivity contribution in [2.75, 3.05) is 19.8 Å². The van der Waals surface area contributed by atoms with E-state index < -0.39 is 0 Å². The van der Waals surface area contributed by atoms with Crippen LogP contribution in [0.1, 0.15) is 33.6 Å². The lowest BCUT2D eigenvalue weighted by atomic mass is 9.91.